The fourth-order valence-electron chi connectivity index (χ4n) is 10.7. The molecule has 0 aromatic rings. The third-order valence-corrected chi connectivity index (χ3v) is 15.6. The largest absolute Gasteiger partial charge is 0.465 e. The predicted molar refractivity (Wildman–Crippen MR) is 311 cm³/mol. The molecule has 2 atom stereocenters. The van der Waals surface area contributed by atoms with E-state index in [1.807, 2.05) is 0 Å². The molecule has 0 spiro atoms. The van der Waals surface area contributed by atoms with Crippen molar-refractivity contribution in [3.63, 3.8) is 0 Å². The zero-order chi connectivity index (χ0) is 51.6. The van der Waals surface area contributed by atoms with E-state index in [1.54, 1.807) is 0 Å². The molecule has 0 aromatic heterocycles. The van der Waals surface area contributed by atoms with Crippen molar-refractivity contribution in [1.29, 1.82) is 0 Å². The standard InChI is InChI=1S/C65H129NO5/c1-5-9-13-17-21-25-27-31-36-44-54-62(52-42-34-29-23-19-15-11-7-3)64(68)70-60-50-40-33-38-46-56-66(58-48-49-59-67)57-47-39-41-51-61-71-65(69)63(53-43-35-30-24-20-16-12-8-4)55-45-37-32-28-26-22-18-14-10-6-2/h62-63,67H,5-61H2,1-4H3. The van der Waals surface area contributed by atoms with Crippen LogP contribution in [0.4, 0.5) is 0 Å². The van der Waals surface area contributed by atoms with Crippen LogP contribution in [-0.4, -0.2) is 61.4 Å². The van der Waals surface area contributed by atoms with Gasteiger partial charge in [-0.05, 0) is 83.8 Å². The molecule has 71 heavy (non-hydrogen) atoms. The molecule has 6 heteroatoms. The second-order valence-electron chi connectivity index (χ2n) is 22.7. The molecule has 0 radical (unpaired) electrons. The highest BCUT2D eigenvalue weighted by Gasteiger charge is 2.21. The highest BCUT2D eigenvalue weighted by molar-refractivity contribution is 5.72. The van der Waals surface area contributed by atoms with Crippen LogP contribution in [0.15, 0.2) is 0 Å². The molecule has 0 aliphatic carbocycles. The number of nitrogens with zero attached hydrogens (tertiary/aromatic N) is 1. The zero-order valence-corrected chi connectivity index (χ0v) is 49.0. The fourth-order valence-corrected chi connectivity index (χ4v) is 10.7. The van der Waals surface area contributed by atoms with Crippen LogP contribution in [0.5, 0.6) is 0 Å². The van der Waals surface area contributed by atoms with E-state index in [1.165, 1.54) is 250 Å². The number of esters is 2. The van der Waals surface area contributed by atoms with Crippen LogP contribution in [0.25, 0.3) is 0 Å². The third kappa shape index (κ3) is 52.1. The van der Waals surface area contributed by atoms with Gasteiger partial charge in [-0.25, -0.2) is 0 Å². The monoisotopic (exact) mass is 1000 g/mol. The van der Waals surface area contributed by atoms with E-state index < -0.39 is 0 Å². The van der Waals surface area contributed by atoms with Crippen molar-refractivity contribution < 1.29 is 24.2 Å². The molecule has 0 saturated heterocycles. The minimum atomic E-state index is 0.0766. The Morgan fingerprint density at radius 1 is 0.296 bits per heavy atom. The summed E-state index contributed by atoms with van der Waals surface area (Å²) < 4.78 is 11.9. The number of hydrogen-bond donors (Lipinski definition) is 1. The molecule has 0 fully saturated rings. The summed E-state index contributed by atoms with van der Waals surface area (Å²) in [5, 5.41) is 9.44. The highest BCUT2D eigenvalue weighted by Crippen LogP contribution is 2.24. The molecule has 0 aromatic carbocycles. The third-order valence-electron chi connectivity index (χ3n) is 15.6. The Morgan fingerprint density at radius 2 is 0.507 bits per heavy atom. The number of ether oxygens (including phenoxy) is 2. The normalized spacial score (nSPS) is 12.5. The summed E-state index contributed by atoms with van der Waals surface area (Å²) in [5.74, 6) is 0.336. The fraction of sp³-hybridized carbons (Fsp3) is 0.969. The molecule has 0 amide bonds. The van der Waals surface area contributed by atoms with Gasteiger partial charge in [-0.1, -0.05) is 291 Å². The van der Waals surface area contributed by atoms with Gasteiger partial charge in [0.15, 0.2) is 0 Å². The van der Waals surface area contributed by atoms with E-state index in [0.717, 1.165) is 96.7 Å². The minimum absolute atomic E-state index is 0.0766. The van der Waals surface area contributed by atoms with Gasteiger partial charge in [-0.2, -0.15) is 0 Å². The maximum absolute atomic E-state index is 13.3. The molecule has 0 aliphatic heterocycles. The van der Waals surface area contributed by atoms with Crippen molar-refractivity contribution in [2.45, 2.75) is 355 Å². The van der Waals surface area contributed by atoms with Crippen LogP contribution < -0.4 is 0 Å². The second-order valence-corrected chi connectivity index (χ2v) is 22.7. The van der Waals surface area contributed by atoms with Crippen molar-refractivity contribution in [2.24, 2.45) is 11.8 Å². The first kappa shape index (κ1) is 69.9. The van der Waals surface area contributed by atoms with Gasteiger partial charge in [-0.15, -0.1) is 0 Å². The summed E-state index contributed by atoms with van der Waals surface area (Å²) in [7, 11) is 0. The number of aliphatic hydroxyl groups excluding tert-OH is 1. The van der Waals surface area contributed by atoms with Gasteiger partial charge in [-0.3, -0.25) is 9.59 Å². The van der Waals surface area contributed by atoms with Crippen molar-refractivity contribution in [3.05, 3.63) is 0 Å². The van der Waals surface area contributed by atoms with E-state index in [0.29, 0.717) is 13.2 Å². The Morgan fingerprint density at radius 3 is 0.761 bits per heavy atom. The Labute approximate surface area is 445 Å². The van der Waals surface area contributed by atoms with Crippen LogP contribution in [0.1, 0.15) is 355 Å². The SMILES string of the molecule is CCCCCCCCCCCCC(CCCCCCCCCC)C(=O)OCCCCCCCN(CCCCO)CCCCCCOC(=O)C(CCCCCCCCCC)CCCCCCCCCCCC. The van der Waals surface area contributed by atoms with E-state index in [9.17, 15) is 14.7 Å². The lowest BCUT2D eigenvalue weighted by atomic mass is 9.94. The number of unbranched alkanes of at least 4 members (excludes halogenated alkanes) is 40. The minimum Gasteiger partial charge on any atom is -0.465 e. The number of carbonyl (C=O) groups excluding carboxylic acids is 2. The Hall–Kier alpha value is -1.14. The van der Waals surface area contributed by atoms with Crippen LogP contribution in [-0.2, 0) is 19.1 Å². The summed E-state index contributed by atoms with van der Waals surface area (Å²) >= 11 is 0. The second kappa shape index (κ2) is 59.7. The maximum atomic E-state index is 13.3. The first-order chi connectivity index (χ1) is 35.0. The summed E-state index contributed by atoms with van der Waals surface area (Å²) in [6.45, 7) is 13.9. The van der Waals surface area contributed by atoms with Gasteiger partial charge < -0.3 is 19.5 Å². The van der Waals surface area contributed by atoms with Gasteiger partial charge in [0.2, 0.25) is 0 Å². The lowest BCUT2D eigenvalue weighted by molar-refractivity contribution is -0.150. The molecule has 0 saturated carbocycles. The van der Waals surface area contributed by atoms with Crippen LogP contribution >= 0.6 is 0 Å². The molecular weight excluding hydrogens is 875 g/mol. The topological polar surface area (TPSA) is 76.1 Å². The summed E-state index contributed by atoms with van der Waals surface area (Å²) in [5.41, 5.74) is 0. The van der Waals surface area contributed by atoms with Crippen LogP contribution in [0.3, 0.4) is 0 Å². The lowest BCUT2D eigenvalue weighted by Gasteiger charge is -2.22. The summed E-state index contributed by atoms with van der Waals surface area (Å²) in [4.78, 5) is 29.2. The average Bonchev–Trinajstić information content (AvgIpc) is 3.37. The molecule has 1 N–H and O–H groups in total. The molecule has 424 valence electrons. The molecule has 2 unspecified atom stereocenters. The van der Waals surface area contributed by atoms with E-state index >= 15 is 0 Å². The smallest absolute Gasteiger partial charge is 0.308 e. The van der Waals surface area contributed by atoms with Gasteiger partial charge >= 0.3 is 11.9 Å². The molecule has 0 aliphatic rings. The van der Waals surface area contributed by atoms with Crippen LogP contribution in [0.2, 0.25) is 0 Å². The van der Waals surface area contributed by atoms with E-state index in [-0.39, 0.29) is 30.4 Å². The van der Waals surface area contributed by atoms with Gasteiger partial charge in [0.1, 0.15) is 0 Å². The Bertz CT molecular complexity index is 1040. The number of aliphatic hydroxyl groups is 1. The average molecular weight is 1000 g/mol. The number of rotatable bonds is 61. The quantitative estimate of drug-likeness (QED) is 0.0483. The molecule has 6 nitrogen and oxygen atoms in total. The Balaban J connectivity index is 4.54. The molecular formula is C65H129NO5. The van der Waals surface area contributed by atoms with Gasteiger partial charge in [0.05, 0.1) is 25.0 Å². The maximum Gasteiger partial charge on any atom is 0.308 e. The number of carbonyl (C=O) groups is 2. The van der Waals surface area contributed by atoms with Crippen molar-refractivity contribution >= 4 is 11.9 Å². The summed E-state index contributed by atoms with van der Waals surface area (Å²) in [6.07, 6.45) is 63.7. The van der Waals surface area contributed by atoms with Crippen LogP contribution in [0, 0.1) is 11.8 Å². The van der Waals surface area contributed by atoms with Crippen molar-refractivity contribution in [1.82, 2.24) is 4.90 Å². The zero-order valence-electron chi connectivity index (χ0n) is 49.0. The predicted octanol–water partition coefficient (Wildman–Crippen LogP) is 20.6. The lowest BCUT2D eigenvalue weighted by Crippen LogP contribution is -2.27. The highest BCUT2D eigenvalue weighted by atomic mass is 16.5. The van der Waals surface area contributed by atoms with Crippen molar-refractivity contribution in [3.8, 4) is 0 Å². The molecule has 0 bridgehead atoms. The van der Waals surface area contributed by atoms with E-state index in [2.05, 4.69) is 32.6 Å². The first-order valence-corrected chi connectivity index (χ1v) is 32.7. The van der Waals surface area contributed by atoms with Gasteiger partial charge in [0, 0.05) is 6.61 Å². The van der Waals surface area contributed by atoms with Crippen molar-refractivity contribution in [2.75, 3.05) is 39.5 Å². The number of hydrogen-bond acceptors (Lipinski definition) is 6. The summed E-state index contributed by atoms with van der Waals surface area (Å²) in [6, 6.07) is 0. The molecule has 0 heterocycles. The molecule has 0 rings (SSSR count). The van der Waals surface area contributed by atoms with Gasteiger partial charge in [0.25, 0.3) is 0 Å². The Kier molecular flexibility index (Phi) is 58.8. The van der Waals surface area contributed by atoms with E-state index in [4.69, 9.17) is 9.47 Å². The first-order valence-electron chi connectivity index (χ1n) is 32.7.